The van der Waals surface area contributed by atoms with Crippen molar-refractivity contribution >= 4 is 0 Å². The molecule has 2 nitrogen and oxygen atoms in total. The molecule has 0 radical (unpaired) electrons. The maximum atomic E-state index is 12.6. The molecule has 1 fully saturated rings. The van der Waals surface area contributed by atoms with Gasteiger partial charge in [-0.3, -0.25) is 0 Å². The number of rotatable bonds is 4. The summed E-state index contributed by atoms with van der Waals surface area (Å²) in [4.78, 5) is 0. The fourth-order valence-corrected chi connectivity index (χ4v) is 2.89. The lowest BCUT2D eigenvalue weighted by atomic mass is 10.0. The van der Waals surface area contributed by atoms with Gasteiger partial charge >= 0.3 is 6.18 Å². The summed E-state index contributed by atoms with van der Waals surface area (Å²) in [5.74, 6) is 0. The summed E-state index contributed by atoms with van der Waals surface area (Å²) in [6, 6.07) is 5.10. The van der Waals surface area contributed by atoms with Crippen molar-refractivity contribution in [3.8, 4) is 0 Å². The summed E-state index contributed by atoms with van der Waals surface area (Å²) in [5.41, 5.74) is 0.0483. The molecule has 0 spiro atoms. The number of hydrogen-bond donors (Lipinski definition) is 2. The van der Waals surface area contributed by atoms with Crippen molar-refractivity contribution in [1.29, 1.82) is 0 Å². The van der Waals surface area contributed by atoms with Crippen LogP contribution in [0.15, 0.2) is 24.3 Å². The van der Waals surface area contributed by atoms with E-state index < -0.39 is 11.7 Å². The Kier molecular flexibility index (Phi) is 5.65. The molecule has 0 amide bonds. The van der Waals surface area contributed by atoms with Crippen molar-refractivity contribution in [3.05, 3.63) is 35.4 Å². The van der Waals surface area contributed by atoms with Gasteiger partial charge in [0.15, 0.2) is 0 Å². The van der Waals surface area contributed by atoms with Gasteiger partial charge in [-0.1, -0.05) is 37.8 Å². The number of alkyl halides is 3. The quantitative estimate of drug-likeness (QED) is 0.822. The highest BCUT2D eigenvalue weighted by atomic mass is 19.4. The molecule has 1 unspecified atom stereocenters. The molecule has 0 heterocycles. The third-order valence-electron chi connectivity index (χ3n) is 4.12. The van der Waals surface area contributed by atoms with Crippen LogP contribution in [0.1, 0.15) is 55.7 Å². The van der Waals surface area contributed by atoms with Crippen molar-refractivity contribution in [3.63, 3.8) is 0 Å². The molecule has 2 rings (SSSR count). The SMILES string of the molecule is OCC(NC1CCCCCC1)c1ccc(C(F)(F)F)cc1. The molecular weight excluding hydrogens is 279 g/mol. The van der Waals surface area contributed by atoms with E-state index in [1.807, 2.05) is 0 Å². The lowest BCUT2D eigenvalue weighted by Crippen LogP contribution is -2.34. The van der Waals surface area contributed by atoms with Gasteiger partial charge in [0, 0.05) is 6.04 Å². The van der Waals surface area contributed by atoms with Crippen LogP contribution in [0.5, 0.6) is 0 Å². The van der Waals surface area contributed by atoms with E-state index in [0.717, 1.165) is 25.0 Å². The molecular formula is C16H22F3NO. The Morgan fingerprint density at radius 2 is 1.62 bits per heavy atom. The van der Waals surface area contributed by atoms with Crippen LogP contribution in [0.25, 0.3) is 0 Å². The molecule has 1 aromatic carbocycles. The first-order chi connectivity index (χ1) is 10.0. The summed E-state index contributed by atoms with van der Waals surface area (Å²) in [6.07, 6.45) is 2.63. The summed E-state index contributed by atoms with van der Waals surface area (Å²) < 4.78 is 37.7. The highest BCUT2D eigenvalue weighted by molar-refractivity contribution is 5.27. The van der Waals surface area contributed by atoms with Crippen LogP contribution in [0.2, 0.25) is 0 Å². The zero-order chi connectivity index (χ0) is 15.3. The van der Waals surface area contributed by atoms with Crippen LogP contribution in [0, 0.1) is 0 Å². The maximum absolute atomic E-state index is 12.6. The zero-order valence-electron chi connectivity index (χ0n) is 12.0. The Morgan fingerprint density at radius 3 is 2.10 bits per heavy atom. The van der Waals surface area contributed by atoms with Crippen LogP contribution < -0.4 is 5.32 Å². The van der Waals surface area contributed by atoms with E-state index in [9.17, 15) is 18.3 Å². The van der Waals surface area contributed by atoms with Crippen molar-refractivity contribution in [2.45, 2.75) is 56.8 Å². The van der Waals surface area contributed by atoms with E-state index in [0.29, 0.717) is 11.6 Å². The normalized spacial score (nSPS) is 19.2. The summed E-state index contributed by atoms with van der Waals surface area (Å²) in [6.45, 7) is -0.109. The number of aliphatic hydroxyl groups is 1. The van der Waals surface area contributed by atoms with Gasteiger partial charge in [0.1, 0.15) is 0 Å². The Hall–Kier alpha value is -1.07. The second-order valence-corrected chi connectivity index (χ2v) is 5.71. The van der Waals surface area contributed by atoms with Gasteiger partial charge in [-0.25, -0.2) is 0 Å². The second kappa shape index (κ2) is 7.27. The van der Waals surface area contributed by atoms with E-state index in [4.69, 9.17) is 0 Å². The van der Waals surface area contributed by atoms with E-state index in [1.165, 1.54) is 37.8 Å². The number of halogens is 3. The fourth-order valence-electron chi connectivity index (χ4n) is 2.89. The lowest BCUT2D eigenvalue weighted by molar-refractivity contribution is -0.137. The first-order valence-electron chi connectivity index (χ1n) is 7.55. The Bertz CT molecular complexity index is 422. The molecule has 1 saturated carbocycles. The fraction of sp³-hybridized carbons (Fsp3) is 0.625. The summed E-state index contributed by atoms with van der Waals surface area (Å²) >= 11 is 0. The zero-order valence-corrected chi connectivity index (χ0v) is 12.0. The van der Waals surface area contributed by atoms with Gasteiger partial charge in [0.2, 0.25) is 0 Å². The Labute approximate surface area is 123 Å². The number of hydrogen-bond acceptors (Lipinski definition) is 2. The summed E-state index contributed by atoms with van der Waals surface area (Å²) in [5, 5.41) is 12.9. The van der Waals surface area contributed by atoms with Gasteiger partial charge in [0.05, 0.1) is 18.2 Å². The molecule has 21 heavy (non-hydrogen) atoms. The highest BCUT2D eigenvalue weighted by Gasteiger charge is 2.30. The smallest absolute Gasteiger partial charge is 0.394 e. The minimum atomic E-state index is -4.32. The average molecular weight is 301 g/mol. The molecule has 1 aliphatic rings. The first-order valence-corrected chi connectivity index (χ1v) is 7.55. The van der Waals surface area contributed by atoms with Crippen molar-refractivity contribution in [2.75, 3.05) is 6.61 Å². The van der Waals surface area contributed by atoms with Gasteiger partial charge in [-0.15, -0.1) is 0 Å². The second-order valence-electron chi connectivity index (χ2n) is 5.71. The van der Waals surface area contributed by atoms with Gasteiger partial charge < -0.3 is 10.4 Å². The highest BCUT2D eigenvalue weighted by Crippen LogP contribution is 2.30. The maximum Gasteiger partial charge on any atom is 0.416 e. The lowest BCUT2D eigenvalue weighted by Gasteiger charge is -2.24. The van der Waals surface area contributed by atoms with E-state index in [-0.39, 0.29) is 12.6 Å². The van der Waals surface area contributed by atoms with Crippen molar-refractivity contribution in [1.82, 2.24) is 5.32 Å². The van der Waals surface area contributed by atoms with Gasteiger partial charge in [0.25, 0.3) is 0 Å². The molecule has 1 atom stereocenters. The monoisotopic (exact) mass is 301 g/mol. The largest absolute Gasteiger partial charge is 0.416 e. The van der Waals surface area contributed by atoms with Crippen molar-refractivity contribution < 1.29 is 18.3 Å². The van der Waals surface area contributed by atoms with E-state index >= 15 is 0 Å². The predicted octanol–water partition coefficient (Wildman–Crippen LogP) is 4.05. The van der Waals surface area contributed by atoms with Crippen LogP contribution in [0.4, 0.5) is 13.2 Å². The molecule has 0 saturated heterocycles. The van der Waals surface area contributed by atoms with Crippen LogP contribution in [-0.2, 0) is 6.18 Å². The van der Waals surface area contributed by atoms with Crippen LogP contribution in [-0.4, -0.2) is 17.8 Å². The number of aliphatic hydroxyl groups excluding tert-OH is 1. The minimum Gasteiger partial charge on any atom is -0.394 e. The first kappa shape index (κ1) is 16.3. The molecule has 1 aromatic rings. The number of nitrogens with one attached hydrogen (secondary N) is 1. The molecule has 5 heteroatoms. The Morgan fingerprint density at radius 1 is 1.05 bits per heavy atom. The molecule has 1 aliphatic carbocycles. The molecule has 118 valence electrons. The number of benzene rings is 1. The van der Waals surface area contributed by atoms with Gasteiger partial charge in [-0.2, -0.15) is 13.2 Å². The topological polar surface area (TPSA) is 32.3 Å². The molecule has 2 N–H and O–H groups in total. The van der Waals surface area contributed by atoms with E-state index in [1.54, 1.807) is 0 Å². The predicted molar refractivity (Wildman–Crippen MR) is 75.9 cm³/mol. The van der Waals surface area contributed by atoms with Crippen LogP contribution >= 0.6 is 0 Å². The van der Waals surface area contributed by atoms with E-state index in [2.05, 4.69) is 5.32 Å². The van der Waals surface area contributed by atoms with Crippen molar-refractivity contribution in [2.24, 2.45) is 0 Å². The van der Waals surface area contributed by atoms with Gasteiger partial charge in [-0.05, 0) is 30.5 Å². The van der Waals surface area contributed by atoms with Crippen LogP contribution in [0.3, 0.4) is 0 Å². The average Bonchev–Trinajstić information content (AvgIpc) is 2.72. The summed E-state index contributed by atoms with van der Waals surface area (Å²) in [7, 11) is 0. The third kappa shape index (κ3) is 4.71. The molecule has 0 aliphatic heterocycles. The molecule has 0 bridgehead atoms. The Balaban J connectivity index is 2.03. The standard InChI is InChI=1S/C16H22F3NO/c17-16(18,19)13-9-7-12(8-10-13)15(11-21)20-14-5-3-1-2-4-6-14/h7-10,14-15,20-21H,1-6,11H2. The third-order valence-corrected chi connectivity index (χ3v) is 4.12. The minimum absolute atomic E-state index is 0.109. The molecule has 0 aromatic heterocycles.